The second-order valence-corrected chi connectivity index (χ2v) is 6.28. The van der Waals surface area contributed by atoms with Gasteiger partial charge in [-0.05, 0) is 38.3 Å². The minimum atomic E-state index is 0.755. The van der Waals surface area contributed by atoms with Crippen LogP contribution >= 0.6 is 0 Å². The molecule has 18 heavy (non-hydrogen) atoms. The molecule has 2 fully saturated rings. The lowest BCUT2D eigenvalue weighted by atomic mass is 9.91. The molecule has 1 saturated carbocycles. The van der Waals surface area contributed by atoms with Crippen molar-refractivity contribution in [3.8, 4) is 0 Å². The number of likely N-dealkylation sites (N-methyl/N-ethyl adjacent to an activating group) is 1. The van der Waals surface area contributed by atoms with E-state index in [1.165, 1.54) is 64.5 Å². The number of rotatable bonds is 4. The molecule has 1 N–H and O–H groups in total. The quantitative estimate of drug-likeness (QED) is 0.825. The number of nitrogens with zero attached hydrogens (tertiary/aromatic N) is 1. The van der Waals surface area contributed by atoms with Crippen LogP contribution < -0.4 is 5.32 Å². The Hall–Kier alpha value is -0.0800. The largest absolute Gasteiger partial charge is 0.313 e. The van der Waals surface area contributed by atoms with E-state index in [4.69, 9.17) is 0 Å². The summed E-state index contributed by atoms with van der Waals surface area (Å²) >= 11 is 0. The predicted octanol–water partition coefficient (Wildman–Crippen LogP) is 3.42. The summed E-state index contributed by atoms with van der Waals surface area (Å²) < 4.78 is 0. The lowest BCUT2D eigenvalue weighted by molar-refractivity contribution is 0.157. The summed E-state index contributed by atoms with van der Waals surface area (Å²) in [6.45, 7) is 8.46. The van der Waals surface area contributed by atoms with Crippen molar-refractivity contribution in [2.45, 2.75) is 77.3 Å². The van der Waals surface area contributed by atoms with Crippen LogP contribution in [0.25, 0.3) is 0 Å². The first-order valence-corrected chi connectivity index (χ1v) is 8.32. The van der Waals surface area contributed by atoms with Crippen LogP contribution in [0.5, 0.6) is 0 Å². The second kappa shape index (κ2) is 7.49. The highest BCUT2D eigenvalue weighted by molar-refractivity contribution is 4.89. The fourth-order valence-electron chi connectivity index (χ4n) is 3.90. The average Bonchev–Trinajstić information content (AvgIpc) is 2.81. The number of nitrogens with one attached hydrogen (secondary N) is 1. The van der Waals surface area contributed by atoms with Crippen LogP contribution in [0.1, 0.15) is 65.2 Å². The van der Waals surface area contributed by atoms with Crippen molar-refractivity contribution < 1.29 is 0 Å². The second-order valence-electron chi connectivity index (χ2n) is 6.28. The molecule has 0 bridgehead atoms. The molecule has 2 heteroatoms. The summed E-state index contributed by atoms with van der Waals surface area (Å²) in [4.78, 5) is 2.81. The molecule has 1 aliphatic heterocycles. The SMILES string of the molecule is CCNC1CCCCCCC1N1CCC(CC)C1. The molecule has 0 aromatic carbocycles. The van der Waals surface area contributed by atoms with Gasteiger partial charge in [-0.2, -0.15) is 0 Å². The van der Waals surface area contributed by atoms with Gasteiger partial charge in [0.05, 0.1) is 0 Å². The van der Waals surface area contributed by atoms with Gasteiger partial charge in [0.2, 0.25) is 0 Å². The molecule has 106 valence electrons. The monoisotopic (exact) mass is 252 g/mol. The first kappa shape index (κ1) is 14.3. The highest BCUT2D eigenvalue weighted by Crippen LogP contribution is 2.28. The fourth-order valence-corrected chi connectivity index (χ4v) is 3.90. The molecular formula is C16H32N2. The van der Waals surface area contributed by atoms with Gasteiger partial charge < -0.3 is 5.32 Å². The van der Waals surface area contributed by atoms with Gasteiger partial charge in [-0.1, -0.05) is 46.0 Å². The van der Waals surface area contributed by atoms with Crippen LogP contribution in [0.3, 0.4) is 0 Å². The first-order valence-electron chi connectivity index (χ1n) is 8.32. The van der Waals surface area contributed by atoms with Crippen molar-refractivity contribution in [1.29, 1.82) is 0 Å². The third kappa shape index (κ3) is 3.71. The zero-order valence-electron chi connectivity index (χ0n) is 12.5. The Kier molecular flexibility index (Phi) is 5.97. The summed E-state index contributed by atoms with van der Waals surface area (Å²) in [5.41, 5.74) is 0. The lowest BCUT2D eigenvalue weighted by Gasteiger charge is -2.36. The average molecular weight is 252 g/mol. The van der Waals surface area contributed by atoms with E-state index in [-0.39, 0.29) is 0 Å². The van der Waals surface area contributed by atoms with Crippen LogP contribution in [-0.4, -0.2) is 36.6 Å². The molecule has 0 aromatic heterocycles. The summed E-state index contributed by atoms with van der Waals surface area (Å²) in [5, 5.41) is 3.77. The normalized spacial score (nSPS) is 35.3. The van der Waals surface area contributed by atoms with E-state index < -0.39 is 0 Å². The fraction of sp³-hybridized carbons (Fsp3) is 1.00. The molecule has 3 unspecified atom stereocenters. The maximum atomic E-state index is 3.77. The zero-order valence-corrected chi connectivity index (χ0v) is 12.5. The third-order valence-corrected chi connectivity index (χ3v) is 5.06. The van der Waals surface area contributed by atoms with Gasteiger partial charge >= 0.3 is 0 Å². The summed E-state index contributed by atoms with van der Waals surface area (Å²) in [5.74, 6) is 0.970. The Balaban J connectivity index is 1.95. The summed E-state index contributed by atoms with van der Waals surface area (Å²) in [7, 11) is 0. The molecular weight excluding hydrogens is 220 g/mol. The molecule has 1 aliphatic carbocycles. The van der Waals surface area contributed by atoms with Crippen molar-refractivity contribution in [3.05, 3.63) is 0 Å². The third-order valence-electron chi connectivity index (χ3n) is 5.06. The van der Waals surface area contributed by atoms with Gasteiger partial charge in [0.1, 0.15) is 0 Å². The van der Waals surface area contributed by atoms with Crippen LogP contribution in [0, 0.1) is 5.92 Å². The standard InChI is InChI=1S/C16H32N2/c1-3-14-11-12-18(13-14)16-10-8-6-5-7-9-15(16)17-4-2/h14-17H,3-13H2,1-2H3. The zero-order chi connectivity index (χ0) is 12.8. The van der Waals surface area contributed by atoms with Gasteiger partial charge in [-0.3, -0.25) is 4.90 Å². The van der Waals surface area contributed by atoms with Crippen molar-refractivity contribution in [1.82, 2.24) is 10.2 Å². The molecule has 0 spiro atoms. The minimum absolute atomic E-state index is 0.755. The Morgan fingerprint density at radius 3 is 2.44 bits per heavy atom. The molecule has 0 radical (unpaired) electrons. The van der Waals surface area contributed by atoms with E-state index in [1.54, 1.807) is 0 Å². The highest BCUT2D eigenvalue weighted by Gasteiger charge is 2.32. The van der Waals surface area contributed by atoms with E-state index in [1.807, 2.05) is 0 Å². The molecule has 2 rings (SSSR count). The Labute approximate surface area is 114 Å². The Morgan fingerprint density at radius 2 is 1.78 bits per heavy atom. The smallest absolute Gasteiger partial charge is 0.0249 e. The molecule has 1 heterocycles. The number of likely N-dealkylation sites (tertiary alicyclic amines) is 1. The maximum Gasteiger partial charge on any atom is 0.0249 e. The van der Waals surface area contributed by atoms with Crippen LogP contribution in [0.2, 0.25) is 0 Å². The highest BCUT2D eigenvalue weighted by atomic mass is 15.2. The van der Waals surface area contributed by atoms with Crippen molar-refractivity contribution in [2.24, 2.45) is 5.92 Å². The molecule has 1 saturated heterocycles. The van der Waals surface area contributed by atoms with Gasteiger partial charge in [-0.15, -0.1) is 0 Å². The van der Waals surface area contributed by atoms with Gasteiger partial charge in [0.15, 0.2) is 0 Å². The summed E-state index contributed by atoms with van der Waals surface area (Å²) in [6.07, 6.45) is 11.4. The lowest BCUT2D eigenvalue weighted by Crippen LogP contribution is -2.49. The van der Waals surface area contributed by atoms with E-state index >= 15 is 0 Å². The molecule has 2 aliphatic rings. The van der Waals surface area contributed by atoms with Gasteiger partial charge in [0.25, 0.3) is 0 Å². The van der Waals surface area contributed by atoms with Crippen molar-refractivity contribution in [2.75, 3.05) is 19.6 Å². The topological polar surface area (TPSA) is 15.3 Å². The van der Waals surface area contributed by atoms with E-state index in [0.29, 0.717) is 0 Å². The van der Waals surface area contributed by atoms with E-state index in [9.17, 15) is 0 Å². The minimum Gasteiger partial charge on any atom is -0.313 e. The summed E-state index contributed by atoms with van der Waals surface area (Å²) in [6, 6.07) is 1.58. The molecule has 2 nitrogen and oxygen atoms in total. The Morgan fingerprint density at radius 1 is 1.00 bits per heavy atom. The number of hydrogen-bond acceptors (Lipinski definition) is 2. The first-order chi connectivity index (χ1) is 8.85. The van der Waals surface area contributed by atoms with Crippen LogP contribution in [0.4, 0.5) is 0 Å². The van der Waals surface area contributed by atoms with Gasteiger partial charge in [0, 0.05) is 18.6 Å². The molecule has 0 amide bonds. The van der Waals surface area contributed by atoms with Crippen LogP contribution in [0.15, 0.2) is 0 Å². The number of hydrogen-bond donors (Lipinski definition) is 1. The van der Waals surface area contributed by atoms with E-state index in [0.717, 1.165) is 24.5 Å². The maximum absolute atomic E-state index is 3.77. The van der Waals surface area contributed by atoms with Gasteiger partial charge in [-0.25, -0.2) is 0 Å². The Bertz CT molecular complexity index is 229. The van der Waals surface area contributed by atoms with Crippen molar-refractivity contribution in [3.63, 3.8) is 0 Å². The molecule has 0 aromatic rings. The predicted molar refractivity (Wildman–Crippen MR) is 78.9 cm³/mol. The van der Waals surface area contributed by atoms with E-state index in [2.05, 4.69) is 24.1 Å². The van der Waals surface area contributed by atoms with Crippen molar-refractivity contribution >= 4 is 0 Å². The molecule has 3 atom stereocenters. The van der Waals surface area contributed by atoms with Crippen LogP contribution in [-0.2, 0) is 0 Å².